The van der Waals surface area contributed by atoms with Gasteiger partial charge in [-0.3, -0.25) is 4.57 Å². The van der Waals surface area contributed by atoms with E-state index in [0.717, 1.165) is 28.6 Å². The van der Waals surface area contributed by atoms with E-state index in [1.807, 2.05) is 77.1 Å². The van der Waals surface area contributed by atoms with Crippen LogP contribution in [0.15, 0.2) is 73.4 Å². The third-order valence-corrected chi connectivity index (χ3v) is 3.91. The highest BCUT2D eigenvalue weighted by molar-refractivity contribution is 5.68. The zero-order chi connectivity index (χ0) is 17.1. The molecule has 0 N–H and O–H groups in total. The van der Waals surface area contributed by atoms with Gasteiger partial charge < -0.3 is 4.57 Å². The van der Waals surface area contributed by atoms with Crippen molar-refractivity contribution in [1.82, 2.24) is 24.1 Å². The molecule has 0 saturated heterocycles. The summed E-state index contributed by atoms with van der Waals surface area (Å²) in [5, 5.41) is 0. The summed E-state index contributed by atoms with van der Waals surface area (Å²) in [4.78, 5) is 13.4. The minimum Gasteiger partial charge on any atom is -0.334 e. The first-order valence-corrected chi connectivity index (χ1v) is 8.02. The van der Waals surface area contributed by atoms with Gasteiger partial charge in [-0.15, -0.1) is 0 Å². The third kappa shape index (κ3) is 3.26. The second kappa shape index (κ2) is 6.57. The van der Waals surface area contributed by atoms with Crippen molar-refractivity contribution in [1.29, 1.82) is 0 Å². The summed E-state index contributed by atoms with van der Waals surface area (Å²) >= 11 is 0. The van der Waals surface area contributed by atoms with Crippen LogP contribution in [0.3, 0.4) is 0 Å². The van der Waals surface area contributed by atoms with Gasteiger partial charge in [-0.1, -0.05) is 36.4 Å². The maximum absolute atomic E-state index is 4.70. The van der Waals surface area contributed by atoms with E-state index >= 15 is 0 Å². The Kier molecular flexibility index (Phi) is 3.96. The van der Waals surface area contributed by atoms with Crippen molar-refractivity contribution >= 4 is 12.2 Å². The topological polar surface area (TPSA) is 48.5 Å². The Morgan fingerprint density at radius 3 is 2.60 bits per heavy atom. The summed E-state index contributed by atoms with van der Waals surface area (Å²) in [6.07, 6.45) is 11.3. The molecule has 0 amide bonds. The second-order valence-electron chi connectivity index (χ2n) is 5.69. The minimum atomic E-state index is 0.837. The molecule has 3 heterocycles. The van der Waals surface area contributed by atoms with Crippen LogP contribution >= 0.6 is 0 Å². The van der Waals surface area contributed by atoms with Crippen LogP contribution in [0.5, 0.6) is 0 Å². The fourth-order valence-corrected chi connectivity index (χ4v) is 2.61. The molecule has 4 rings (SSSR count). The smallest absolute Gasteiger partial charge is 0.138 e. The van der Waals surface area contributed by atoms with Gasteiger partial charge in [0.2, 0.25) is 0 Å². The lowest BCUT2D eigenvalue weighted by atomic mass is 10.2. The normalized spacial score (nSPS) is 11.2. The molecule has 0 radical (unpaired) electrons. The van der Waals surface area contributed by atoms with E-state index < -0.39 is 0 Å². The molecule has 0 aliphatic heterocycles. The maximum Gasteiger partial charge on any atom is 0.138 e. The van der Waals surface area contributed by atoms with Gasteiger partial charge in [0.15, 0.2) is 0 Å². The molecule has 0 aliphatic rings. The van der Waals surface area contributed by atoms with E-state index in [0.29, 0.717) is 0 Å². The summed E-state index contributed by atoms with van der Waals surface area (Å²) in [5.74, 6) is 1.72. The number of rotatable bonds is 4. The van der Waals surface area contributed by atoms with Crippen molar-refractivity contribution in [3.63, 3.8) is 0 Å². The molecule has 5 nitrogen and oxygen atoms in total. The first-order valence-electron chi connectivity index (χ1n) is 8.02. The van der Waals surface area contributed by atoms with Crippen molar-refractivity contribution in [3.8, 4) is 17.1 Å². The molecule has 5 heteroatoms. The summed E-state index contributed by atoms with van der Waals surface area (Å²) < 4.78 is 3.89. The number of imidazole rings is 2. The van der Waals surface area contributed by atoms with Crippen molar-refractivity contribution in [2.45, 2.75) is 0 Å². The second-order valence-corrected chi connectivity index (χ2v) is 5.69. The highest BCUT2D eigenvalue weighted by Gasteiger charge is 2.05. The molecule has 122 valence electrons. The fourth-order valence-electron chi connectivity index (χ4n) is 2.61. The van der Waals surface area contributed by atoms with Crippen molar-refractivity contribution < 1.29 is 0 Å². The van der Waals surface area contributed by atoms with Crippen LogP contribution in [0.1, 0.15) is 11.5 Å². The van der Waals surface area contributed by atoms with Gasteiger partial charge in [0.1, 0.15) is 18.0 Å². The first-order chi connectivity index (χ1) is 12.3. The number of aryl methyl sites for hydroxylation is 1. The molecule has 0 spiro atoms. The van der Waals surface area contributed by atoms with Crippen LogP contribution < -0.4 is 0 Å². The molecule has 4 aromatic rings. The molecule has 0 fully saturated rings. The Labute approximate surface area is 146 Å². The maximum atomic E-state index is 4.70. The number of pyridine rings is 1. The molecule has 0 atom stereocenters. The average molecular weight is 327 g/mol. The monoisotopic (exact) mass is 327 g/mol. The lowest BCUT2D eigenvalue weighted by Crippen LogP contribution is -1.95. The molecular weight excluding hydrogens is 310 g/mol. The predicted octanol–water partition coefficient (Wildman–Crippen LogP) is 3.84. The molecule has 0 saturated carbocycles. The fraction of sp³-hybridized carbons (Fsp3) is 0.0500. The van der Waals surface area contributed by atoms with Gasteiger partial charge in [-0.2, -0.15) is 0 Å². The highest BCUT2D eigenvalue weighted by Crippen LogP contribution is 2.18. The highest BCUT2D eigenvalue weighted by atomic mass is 15.1. The number of hydrogen-bond donors (Lipinski definition) is 0. The van der Waals surface area contributed by atoms with Crippen molar-refractivity contribution in [2.24, 2.45) is 7.05 Å². The Morgan fingerprint density at radius 1 is 0.920 bits per heavy atom. The zero-order valence-corrected chi connectivity index (χ0v) is 13.8. The molecule has 25 heavy (non-hydrogen) atoms. The number of hydrogen-bond acceptors (Lipinski definition) is 3. The summed E-state index contributed by atoms with van der Waals surface area (Å²) in [7, 11) is 1.99. The lowest BCUT2D eigenvalue weighted by Gasteiger charge is -2.01. The van der Waals surface area contributed by atoms with Crippen LogP contribution in [0, 0.1) is 0 Å². The Hall–Kier alpha value is -3.47. The summed E-state index contributed by atoms with van der Waals surface area (Å²) in [5.41, 5.74) is 2.94. The van der Waals surface area contributed by atoms with Crippen molar-refractivity contribution in [2.75, 3.05) is 0 Å². The van der Waals surface area contributed by atoms with Crippen LogP contribution in [0.25, 0.3) is 29.2 Å². The molecule has 3 aromatic heterocycles. The summed E-state index contributed by atoms with van der Waals surface area (Å²) in [6.45, 7) is 0. The molecule has 1 aromatic carbocycles. The molecule has 0 unspecified atom stereocenters. The Balaban J connectivity index is 1.60. The van der Waals surface area contributed by atoms with Gasteiger partial charge in [-0.25, -0.2) is 15.0 Å². The largest absolute Gasteiger partial charge is 0.334 e. The van der Waals surface area contributed by atoms with Gasteiger partial charge in [-0.05, 0) is 24.3 Å². The lowest BCUT2D eigenvalue weighted by molar-refractivity contribution is 0.898. The van der Waals surface area contributed by atoms with E-state index in [1.165, 1.54) is 0 Å². The van der Waals surface area contributed by atoms with Crippen LogP contribution in [0.4, 0.5) is 0 Å². The Morgan fingerprint density at radius 2 is 1.80 bits per heavy atom. The molecule has 0 bridgehead atoms. The average Bonchev–Trinajstić information content (AvgIpc) is 3.31. The van der Waals surface area contributed by atoms with Gasteiger partial charge in [0, 0.05) is 31.2 Å². The van der Waals surface area contributed by atoms with Gasteiger partial charge in [0.05, 0.1) is 11.4 Å². The standard InChI is InChI=1S/C20H17N5/c1-24-14-18(16-6-3-2-4-7-16)23-19(24)11-10-17-8-5-9-20(22-17)25-13-12-21-15-25/h2-15H,1H3. The van der Waals surface area contributed by atoms with Gasteiger partial charge >= 0.3 is 0 Å². The summed E-state index contributed by atoms with van der Waals surface area (Å²) in [6, 6.07) is 16.1. The number of benzene rings is 1. The predicted molar refractivity (Wildman–Crippen MR) is 98.9 cm³/mol. The third-order valence-electron chi connectivity index (χ3n) is 3.91. The first kappa shape index (κ1) is 15.1. The van der Waals surface area contributed by atoms with E-state index in [4.69, 9.17) is 4.98 Å². The van der Waals surface area contributed by atoms with E-state index in [1.54, 1.807) is 12.5 Å². The van der Waals surface area contributed by atoms with Crippen LogP contribution in [-0.2, 0) is 7.05 Å². The minimum absolute atomic E-state index is 0.837. The van der Waals surface area contributed by atoms with Crippen LogP contribution in [0.2, 0.25) is 0 Å². The van der Waals surface area contributed by atoms with E-state index in [9.17, 15) is 0 Å². The number of aromatic nitrogens is 5. The number of nitrogens with zero attached hydrogens (tertiary/aromatic N) is 5. The van der Waals surface area contributed by atoms with E-state index in [2.05, 4.69) is 22.1 Å². The Bertz CT molecular complexity index is 998. The molecular formula is C20H17N5. The zero-order valence-electron chi connectivity index (χ0n) is 13.8. The van der Waals surface area contributed by atoms with Crippen molar-refractivity contribution in [3.05, 3.63) is 85.0 Å². The quantitative estimate of drug-likeness (QED) is 0.572. The van der Waals surface area contributed by atoms with Gasteiger partial charge in [0.25, 0.3) is 0 Å². The SMILES string of the molecule is Cn1cc(-c2ccccc2)nc1C=Cc1cccc(-n2ccnc2)n1. The van der Waals surface area contributed by atoms with E-state index in [-0.39, 0.29) is 0 Å². The molecule has 0 aliphatic carbocycles. The van der Waals surface area contributed by atoms with Crippen LogP contribution in [-0.4, -0.2) is 24.1 Å².